The maximum atomic E-state index is 13.0. The third kappa shape index (κ3) is 4.79. The van der Waals surface area contributed by atoms with Gasteiger partial charge in [0.05, 0.1) is 31.0 Å². The monoisotopic (exact) mass is 354 g/mol. The standard InChI is InChI=1S/C20H26N4O2/c1-16(2)14-24(15-18-5-3-4-8-21-18)20(25)17-6-7-19(22-13-17)23-9-11-26-12-10-23/h3-8,13,16H,9-12,14-15H2,1-2H3. The van der Waals surface area contributed by atoms with Crippen molar-refractivity contribution in [2.45, 2.75) is 20.4 Å². The number of carbonyl (C=O) groups is 1. The van der Waals surface area contributed by atoms with Gasteiger partial charge >= 0.3 is 0 Å². The van der Waals surface area contributed by atoms with Crippen molar-refractivity contribution in [3.05, 3.63) is 54.0 Å². The Bertz CT molecular complexity index is 698. The molecule has 0 spiro atoms. The number of anilines is 1. The Labute approximate surface area is 154 Å². The van der Waals surface area contributed by atoms with E-state index in [2.05, 4.69) is 28.7 Å². The first kappa shape index (κ1) is 18.3. The molecule has 0 radical (unpaired) electrons. The molecule has 6 heteroatoms. The number of aromatic nitrogens is 2. The molecule has 6 nitrogen and oxygen atoms in total. The Morgan fingerprint density at radius 2 is 2.00 bits per heavy atom. The van der Waals surface area contributed by atoms with Crippen molar-refractivity contribution in [1.82, 2.24) is 14.9 Å². The van der Waals surface area contributed by atoms with Gasteiger partial charge < -0.3 is 14.5 Å². The average molecular weight is 354 g/mol. The summed E-state index contributed by atoms with van der Waals surface area (Å²) in [6.07, 6.45) is 3.44. The predicted octanol–water partition coefficient (Wildman–Crippen LogP) is 2.61. The highest BCUT2D eigenvalue weighted by Gasteiger charge is 2.19. The van der Waals surface area contributed by atoms with Gasteiger partial charge in [0, 0.05) is 32.0 Å². The molecule has 3 rings (SSSR count). The molecule has 2 aromatic heterocycles. The maximum Gasteiger partial charge on any atom is 0.255 e. The average Bonchev–Trinajstić information content (AvgIpc) is 2.68. The molecule has 0 saturated carbocycles. The second kappa shape index (κ2) is 8.76. The molecule has 26 heavy (non-hydrogen) atoms. The lowest BCUT2D eigenvalue weighted by molar-refractivity contribution is 0.0720. The number of hydrogen-bond donors (Lipinski definition) is 0. The lowest BCUT2D eigenvalue weighted by atomic mass is 10.1. The lowest BCUT2D eigenvalue weighted by Gasteiger charge is -2.28. The molecule has 0 unspecified atom stereocenters. The van der Waals surface area contributed by atoms with Crippen LogP contribution in [0.4, 0.5) is 5.82 Å². The molecule has 0 aromatic carbocycles. The summed E-state index contributed by atoms with van der Waals surface area (Å²) in [7, 11) is 0. The highest BCUT2D eigenvalue weighted by Crippen LogP contribution is 2.16. The van der Waals surface area contributed by atoms with Gasteiger partial charge in [-0.15, -0.1) is 0 Å². The van der Waals surface area contributed by atoms with E-state index in [1.54, 1.807) is 12.4 Å². The summed E-state index contributed by atoms with van der Waals surface area (Å²) in [4.78, 5) is 25.9. The van der Waals surface area contributed by atoms with Crippen molar-refractivity contribution in [2.75, 3.05) is 37.7 Å². The predicted molar refractivity (Wildman–Crippen MR) is 101 cm³/mol. The van der Waals surface area contributed by atoms with E-state index >= 15 is 0 Å². The SMILES string of the molecule is CC(C)CN(Cc1ccccn1)C(=O)c1ccc(N2CCOCC2)nc1. The lowest BCUT2D eigenvalue weighted by Crippen LogP contribution is -2.37. The minimum atomic E-state index is -0.00891. The van der Waals surface area contributed by atoms with Gasteiger partial charge in [0.25, 0.3) is 5.91 Å². The second-order valence-electron chi connectivity index (χ2n) is 6.91. The van der Waals surface area contributed by atoms with Crippen LogP contribution in [0.3, 0.4) is 0 Å². The molecule has 0 atom stereocenters. The van der Waals surface area contributed by atoms with E-state index in [0.717, 1.165) is 24.6 Å². The van der Waals surface area contributed by atoms with Crippen LogP contribution in [0.15, 0.2) is 42.7 Å². The largest absolute Gasteiger partial charge is 0.378 e. The van der Waals surface area contributed by atoms with Gasteiger partial charge in [-0.3, -0.25) is 9.78 Å². The summed E-state index contributed by atoms with van der Waals surface area (Å²) < 4.78 is 5.37. The van der Waals surface area contributed by atoms with E-state index in [0.29, 0.717) is 37.8 Å². The van der Waals surface area contributed by atoms with E-state index < -0.39 is 0 Å². The molecule has 0 aliphatic carbocycles. The Kier molecular flexibility index (Phi) is 6.17. The molecule has 1 aliphatic rings. The normalized spacial score (nSPS) is 14.5. The molecule has 2 aromatic rings. The van der Waals surface area contributed by atoms with Gasteiger partial charge in [0.1, 0.15) is 5.82 Å². The van der Waals surface area contributed by atoms with Crippen LogP contribution in [0.25, 0.3) is 0 Å². The Balaban J connectivity index is 1.73. The minimum Gasteiger partial charge on any atom is -0.378 e. The van der Waals surface area contributed by atoms with Crippen LogP contribution < -0.4 is 4.90 Å². The number of carbonyl (C=O) groups excluding carboxylic acids is 1. The Morgan fingerprint density at radius 1 is 1.19 bits per heavy atom. The van der Waals surface area contributed by atoms with E-state index in [1.807, 2.05) is 35.2 Å². The molecule has 3 heterocycles. The van der Waals surface area contributed by atoms with Crippen molar-refractivity contribution >= 4 is 11.7 Å². The Morgan fingerprint density at radius 3 is 2.62 bits per heavy atom. The summed E-state index contributed by atoms with van der Waals surface area (Å²) in [6, 6.07) is 9.56. The fourth-order valence-corrected chi connectivity index (χ4v) is 3.02. The Hall–Kier alpha value is -2.47. The fraction of sp³-hybridized carbons (Fsp3) is 0.450. The van der Waals surface area contributed by atoms with E-state index in [4.69, 9.17) is 4.74 Å². The van der Waals surface area contributed by atoms with E-state index in [1.165, 1.54) is 0 Å². The van der Waals surface area contributed by atoms with Gasteiger partial charge in [0.2, 0.25) is 0 Å². The molecule has 1 aliphatic heterocycles. The van der Waals surface area contributed by atoms with E-state index in [-0.39, 0.29) is 5.91 Å². The zero-order valence-corrected chi connectivity index (χ0v) is 15.5. The fourth-order valence-electron chi connectivity index (χ4n) is 3.02. The summed E-state index contributed by atoms with van der Waals surface area (Å²) >= 11 is 0. The quantitative estimate of drug-likeness (QED) is 0.798. The van der Waals surface area contributed by atoms with Crippen LogP contribution in [-0.4, -0.2) is 53.6 Å². The molecule has 0 N–H and O–H groups in total. The number of rotatable bonds is 6. The van der Waals surface area contributed by atoms with Gasteiger partial charge in [-0.2, -0.15) is 0 Å². The molecule has 0 bridgehead atoms. The van der Waals surface area contributed by atoms with Gasteiger partial charge in [0.15, 0.2) is 0 Å². The minimum absolute atomic E-state index is 0.00891. The van der Waals surface area contributed by atoms with Crippen molar-refractivity contribution in [3.63, 3.8) is 0 Å². The molecular weight excluding hydrogens is 328 g/mol. The number of nitrogens with zero attached hydrogens (tertiary/aromatic N) is 4. The highest BCUT2D eigenvalue weighted by molar-refractivity contribution is 5.94. The van der Waals surface area contributed by atoms with Gasteiger partial charge in [-0.1, -0.05) is 19.9 Å². The molecule has 1 saturated heterocycles. The van der Waals surface area contributed by atoms with Crippen LogP contribution in [0.5, 0.6) is 0 Å². The van der Waals surface area contributed by atoms with Gasteiger partial charge in [-0.25, -0.2) is 4.98 Å². The highest BCUT2D eigenvalue weighted by atomic mass is 16.5. The van der Waals surface area contributed by atoms with Crippen molar-refractivity contribution in [3.8, 4) is 0 Å². The molecule has 1 amide bonds. The van der Waals surface area contributed by atoms with Crippen molar-refractivity contribution in [1.29, 1.82) is 0 Å². The van der Waals surface area contributed by atoms with Gasteiger partial charge in [-0.05, 0) is 30.2 Å². The topological polar surface area (TPSA) is 58.6 Å². The molecular formula is C20H26N4O2. The summed E-state index contributed by atoms with van der Waals surface area (Å²) in [6.45, 7) is 8.50. The first-order chi connectivity index (χ1) is 12.6. The summed E-state index contributed by atoms with van der Waals surface area (Å²) in [5.41, 5.74) is 1.50. The number of ether oxygens (including phenoxy) is 1. The van der Waals surface area contributed by atoms with E-state index in [9.17, 15) is 4.79 Å². The summed E-state index contributed by atoms with van der Waals surface area (Å²) in [5.74, 6) is 1.26. The van der Waals surface area contributed by atoms with Crippen LogP contribution >= 0.6 is 0 Å². The van der Waals surface area contributed by atoms with Crippen LogP contribution in [0, 0.1) is 5.92 Å². The molecule has 1 fully saturated rings. The van der Waals surface area contributed by atoms with Crippen LogP contribution in [-0.2, 0) is 11.3 Å². The first-order valence-electron chi connectivity index (χ1n) is 9.11. The zero-order chi connectivity index (χ0) is 18.4. The van der Waals surface area contributed by atoms with Crippen LogP contribution in [0.2, 0.25) is 0 Å². The summed E-state index contributed by atoms with van der Waals surface area (Å²) in [5, 5.41) is 0. The smallest absolute Gasteiger partial charge is 0.255 e. The molecule has 138 valence electrons. The van der Waals surface area contributed by atoms with Crippen molar-refractivity contribution < 1.29 is 9.53 Å². The maximum absolute atomic E-state index is 13.0. The number of hydrogen-bond acceptors (Lipinski definition) is 5. The number of amides is 1. The third-order valence-electron chi connectivity index (χ3n) is 4.28. The third-order valence-corrected chi connectivity index (χ3v) is 4.28. The second-order valence-corrected chi connectivity index (χ2v) is 6.91. The number of pyridine rings is 2. The van der Waals surface area contributed by atoms with Crippen molar-refractivity contribution in [2.24, 2.45) is 5.92 Å². The number of morpholine rings is 1. The zero-order valence-electron chi connectivity index (χ0n) is 15.5. The van der Waals surface area contributed by atoms with Crippen LogP contribution in [0.1, 0.15) is 29.9 Å². The first-order valence-corrected chi connectivity index (χ1v) is 9.11.